The first-order valence-electron chi connectivity index (χ1n) is 6.95. The van der Waals surface area contributed by atoms with Gasteiger partial charge >= 0.3 is 5.97 Å². The van der Waals surface area contributed by atoms with Crippen molar-refractivity contribution in [3.8, 4) is 0 Å². The van der Waals surface area contributed by atoms with E-state index in [1.54, 1.807) is 38.2 Å². The van der Waals surface area contributed by atoms with E-state index in [0.29, 0.717) is 10.6 Å². The first kappa shape index (κ1) is 18.2. The highest BCUT2D eigenvalue weighted by Crippen LogP contribution is 2.12. The number of Topliss-reactive ketones (excluding diaryl/α,β-unsaturated/α-hetero) is 1. The fourth-order valence-corrected chi connectivity index (χ4v) is 2.11. The first-order chi connectivity index (χ1) is 10.3. The molecular weight excluding hydrogens is 306 g/mol. The van der Waals surface area contributed by atoms with E-state index in [2.05, 4.69) is 4.74 Å². The zero-order valence-corrected chi connectivity index (χ0v) is 13.7. The van der Waals surface area contributed by atoms with E-state index in [1.165, 1.54) is 12.0 Å². The number of carbonyl (C=O) groups excluding carboxylic acids is 3. The summed E-state index contributed by atoms with van der Waals surface area (Å²) in [5.74, 6) is -1.06. The lowest BCUT2D eigenvalue weighted by atomic mass is 10.1. The van der Waals surface area contributed by atoms with Crippen molar-refractivity contribution >= 4 is 29.3 Å². The Morgan fingerprint density at radius 1 is 1.18 bits per heavy atom. The zero-order chi connectivity index (χ0) is 16.7. The SMILES string of the molecule is COC(=O)C(C)CN(C)C(=O)CCC(=O)c1ccc(Cl)cc1. The summed E-state index contributed by atoms with van der Waals surface area (Å²) in [7, 11) is 2.92. The minimum atomic E-state index is -0.397. The topological polar surface area (TPSA) is 63.7 Å². The van der Waals surface area contributed by atoms with Gasteiger partial charge in [-0.1, -0.05) is 18.5 Å². The van der Waals surface area contributed by atoms with Gasteiger partial charge in [-0.3, -0.25) is 14.4 Å². The number of hydrogen-bond acceptors (Lipinski definition) is 4. The molecule has 0 saturated heterocycles. The number of esters is 1. The maximum atomic E-state index is 12.0. The largest absolute Gasteiger partial charge is 0.469 e. The highest BCUT2D eigenvalue weighted by Gasteiger charge is 2.19. The van der Waals surface area contributed by atoms with Gasteiger partial charge in [-0.05, 0) is 24.3 Å². The third kappa shape index (κ3) is 5.48. The Labute approximate surface area is 135 Å². The molecule has 120 valence electrons. The van der Waals surface area contributed by atoms with Gasteiger partial charge in [-0.2, -0.15) is 0 Å². The van der Waals surface area contributed by atoms with Crippen LogP contribution in [-0.4, -0.2) is 43.3 Å². The van der Waals surface area contributed by atoms with Gasteiger partial charge in [0.1, 0.15) is 0 Å². The average Bonchev–Trinajstić information content (AvgIpc) is 2.51. The molecule has 0 N–H and O–H groups in total. The van der Waals surface area contributed by atoms with Crippen LogP contribution in [0.1, 0.15) is 30.1 Å². The maximum absolute atomic E-state index is 12.0. The van der Waals surface area contributed by atoms with E-state index in [4.69, 9.17) is 11.6 Å². The predicted molar refractivity (Wildman–Crippen MR) is 83.8 cm³/mol. The molecule has 1 amide bonds. The van der Waals surface area contributed by atoms with E-state index in [0.717, 1.165) is 0 Å². The molecule has 0 saturated carbocycles. The molecule has 0 bridgehead atoms. The third-order valence-electron chi connectivity index (χ3n) is 3.31. The summed E-state index contributed by atoms with van der Waals surface area (Å²) < 4.78 is 4.62. The quantitative estimate of drug-likeness (QED) is 0.571. The lowest BCUT2D eigenvalue weighted by molar-refractivity contribution is -0.146. The highest BCUT2D eigenvalue weighted by atomic mass is 35.5. The zero-order valence-electron chi connectivity index (χ0n) is 13.0. The number of carbonyl (C=O) groups is 3. The lowest BCUT2D eigenvalue weighted by Crippen LogP contribution is -2.34. The number of amides is 1. The fraction of sp³-hybridized carbons (Fsp3) is 0.438. The Kier molecular flexibility index (Phi) is 7.05. The summed E-state index contributed by atoms with van der Waals surface area (Å²) in [4.78, 5) is 36.7. The number of methoxy groups -OCH3 is 1. The van der Waals surface area contributed by atoms with Gasteiger partial charge < -0.3 is 9.64 Å². The number of nitrogens with zero attached hydrogens (tertiary/aromatic N) is 1. The van der Waals surface area contributed by atoms with Gasteiger partial charge in [0.25, 0.3) is 0 Å². The molecule has 0 aromatic heterocycles. The summed E-state index contributed by atoms with van der Waals surface area (Å²) in [5, 5.41) is 0.559. The van der Waals surface area contributed by atoms with Crippen molar-refractivity contribution in [3.05, 3.63) is 34.9 Å². The van der Waals surface area contributed by atoms with Gasteiger partial charge in [0.2, 0.25) is 5.91 Å². The Morgan fingerprint density at radius 3 is 2.32 bits per heavy atom. The molecule has 0 aliphatic carbocycles. The Balaban J connectivity index is 2.46. The monoisotopic (exact) mass is 325 g/mol. The molecule has 1 unspecified atom stereocenters. The van der Waals surface area contributed by atoms with E-state index in [-0.39, 0.29) is 37.0 Å². The average molecular weight is 326 g/mol. The molecule has 5 nitrogen and oxygen atoms in total. The van der Waals surface area contributed by atoms with Crippen LogP contribution < -0.4 is 0 Å². The van der Waals surface area contributed by atoms with E-state index < -0.39 is 5.92 Å². The number of ketones is 1. The molecule has 0 heterocycles. The van der Waals surface area contributed by atoms with Crippen LogP contribution in [0.5, 0.6) is 0 Å². The van der Waals surface area contributed by atoms with Gasteiger partial charge in [-0.15, -0.1) is 0 Å². The molecule has 1 rings (SSSR count). The molecule has 1 aromatic rings. The summed E-state index contributed by atoms with van der Waals surface area (Å²) in [5.41, 5.74) is 0.530. The Bertz CT molecular complexity index is 542. The van der Waals surface area contributed by atoms with Crippen LogP contribution in [0.3, 0.4) is 0 Å². The number of benzene rings is 1. The summed E-state index contributed by atoms with van der Waals surface area (Å²) in [6.07, 6.45) is 0.225. The predicted octanol–water partition coefficient (Wildman–Crippen LogP) is 2.57. The van der Waals surface area contributed by atoms with Crippen molar-refractivity contribution in [2.24, 2.45) is 5.92 Å². The van der Waals surface area contributed by atoms with Crippen molar-refractivity contribution < 1.29 is 19.1 Å². The standard InChI is InChI=1S/C16H20ClNO4/c1-11(16(21)22-3)10-18(2)15(20)9-8-14(19)12-4-6-13(17)7-5-12/h4-7,11H,8-10H2,1-3H3. The van der Waals surface area contributed by atoms with Gasteiger partial charge in [0.05, 0.1) is 13.0 Å². The van der Waals surface area contributed by atoms with Crippen LogP contribution in [0.4, 0.5) is 0 Å². The maximum Gasteiger partial charge on any atom is 0.310 e. The van der Waals surface area contributed by atoms with Crippen molar-refractivity contribution in [3.63, 3.8) is 0 Å². The van der Waals surface area contributed by atoms with E-state index >= 15 is 0 Å². The molecule has 0 fully saturated rings. The molecule has 0 radical (unpaired) electrons. The van der Waals surface area contributed by atoms with Crippen LogP contribution in [0, 0.1) is 5.92 Å². The second kappa shape index (κ2) is 8.54. The molecule has 0 spiro atoms. The fourth-order valence-electron chi connectivity index (χ4n) is 1.98. The van der Waals surface area contributed by atoms with Gasteiger partial charge in [0, 0.05) is 37.0 Å². The minimum Gasteiger partial charge on any atom is -0.469 e. The second-order valence-corrected chi connectivity index (χ2v) is 5.56. The third-order valence-corrected chi connectivity index (χ3v) is 3.56. The number of rotatable bonds is 7. The molecule has 1 atom stereocenters. The molecule has 0 aliphatic rings. The van der Waals surface area contributed by atoms with Gasteiger partial charge in [-0.25, -0.2) is 0 Å². The number of halogens is 1. The Morgan fingerprint density at radius 2 is 1.77 bits per heavy atom. The van der Waals surface area contributed by atoms with E-state index in [9.17, 15) is 14.4 Å². The van der Waals surface area contributed by atoms with E-state index in [1.807, 2.05) is 0 Å². The summed E-state index contributed by atoms with van der Waals surface area (Å²) in [6, 6.07) is 6.55. The molecular formula is C16H20ClNO4. The van der Waals surface area contributed by atoms with Crippen molar-refractivity contribution in [2.45, 2.75) is 19.8 Å². The van der Waals surface area contributed by atoms with Crippen LogP contribution >= 0.6 is 11.6 Å². The van der Waals surface area contributed by atoms with Crippen LogP contribution in [-0.2, 0) is 14.3 Å². The Hall–Kier alpha value is -1.88. The van der Waals surface area contributed by atoms with Crippen LogP contribution in [0.15, 0.2) is 24.3 Å². The number of ether oxygens (including phenoxy) is 1. The molecule has 22 heavy (non-hydrogen) atoms. The van der Waals surface area contributed by atoms with Crippen molar-refractivity contribution in [2.75, 3.05) is 20.7 Å². The van der Waals surface area contributed by atoms with Crippen molar-refractivity contribution in [1.82, 2.24) is 4.90 Å². The molecule has 0 aliphatic heterocycles. The summed E-state index contributed by atoms with van der Waals surface area (Å²) >= 11 is 5.76. The summed E-state index contributed by atoms with van der Waals surface area (Å²) in [6.45, 7) is 1.95. The first-order valence-corrected chi connectivity index (χ1v) is 7.33. The van der Waals surface area contributed by atoms with Gasteiger partial charge in [0.15, 0.2) is 5.78 Å². The molecule has 6 heteroatoms. The van der Waals surface area contributed by atoms with Crippen LogP contribution in [0.2, 0.25) is 5.02 Å². The van der Waals surface area contributed by atoms with Crippen LogP contribution in [0.25, 0.3) is 0 Å². The van der Waals surface area contributed by atoms with Crippen molar-refractivity contribution in [1.29, 1.82) is 0 Å². The highest BCUT2D eigenvalue weighted by molar-refractivity contribution is 6.30. The lowest BCUT2D eigenvalue weighted by Gasteiger charge is -2.20. The second-order valence-electron chi connectivity index (χ2n) is 5.13. The minimum absolute atomic E-state index is 0.103. The smallest absolute Gasteiger partial charge is 0.310 e. The molecule has 1 aromatic carbocycles. The normalized spacial score (nSPS) is 11.6. The number of hydrogen-bond donors (Lipinski definition) is 0.